The Labute approximate surface area is 134 Å². The van der Waals surface area contributed by atoms with Crippen LogP contribution in [0.2, 0.25) is 0 Å². The molecule has 1 heterocycles. The van der Waals surface area contributed by atoms with Crippen LogP contribution in [0.1, 0.15) is 5.76 Å². The van der Waals surface area contributed by atoms with Gasteiger partial charge in [-0.05, 0) is 31.2 Å². The highest BCUT2D eigenvalue weighted by Gasteiger charge is 2.23. The van der Waals surface area contributed by atoms with Crippen molar-refractivity contribution in [3.8, 4) is 5.75 Å². The van der Waals surface area contributed by atoms with Gasteiger partial charge in [0.1, 0.15) is 11.5 Å². The van der Waals surface area contributed by atoms with E-state index in [-0.39, 0.29) is 17.3 Å². The number of amides is 1. The van der Waals surface area contributed by atoms with E-state index in [2.05, 4.69) is 10.5 Å². The minimum Gasteiger partial charge on any atom is -0.497 e. The van der Waals surface area contributed by atoms with Gasteiger partial charge in [-0.3, -0.25) is 4.79 Å². The number of sulfonamides is 1. The van der Waals surface area contributed by atoms with Gasteiger partial charge in [-0.25, -0.2) is 8.42 Å². The van der Waals surface area contributed by atoms with Crippen molar-refractivity contribution in [2.24, 2.45) is 0 Å². The van der Waals surface area contributed by atoms with Gasteiger partial charge in [-0.15, -0.1) is 0 Å². The van der Waals surface area contributed by atoms with E-state index < -0.39 is 15.9 Å². The first kappa shape index (κ1) is 17.0. The van der Waals surface area contributed by atoms with Crippen molar-refractivity contribution in [3.63, 3.8) is 0 Å². The summed E-state index contributed by atoms with van der Waals surface area (Å²) in [7, 11) is -0.955. The highest BCUT2D eigenvalue weighted by atomic mass is 32.2. The number of hydrogen-bond donors (Lipinski definition) is 1. The lowest BCUT2D eigenvalue weighted by atomic mass is 10.3. The summed E-state index contributed by atoms with van der Waals surface area (Å²) in [6.07, 6.45) is 0. The molecule has 0 unspecified atom stereocenters. The van der Waals surface area contributed by atoms with E-state index in [4.69, 9.17) is 9.26 Å². The minimum atomic E-state index is -3.77. The van der Waals surface area contributed by atoms with Crippen molar-refractivity contribution >= 4 is 21.7 Å². The summed E-state index contributed by atoms with van der Waals surface area (Å²) in [6.45, 7) is 1.34. The molecule has 9 heteroatoms. The minimum absolute atomic E-state index is 0.0749. The predicted molar refractivity (Wildman–Crippen MR) is 82.7 cm³/mol. The molecule has 0 saturated heterocycles. The van der Waals surface area contributed by atoms with Crippen LogP contribution in [0.15, 0.2) is 39.8 Å². The van der Waals surface area contributed by atoms with Gasteiger partial charge in [0, 0.05) is 13.1 Å². The Morgan fingerprint density at radius 3 is 2.52 bits per heavy atom. The molecule has 124 valence electrons. The van der Waals surface area contributed by atoms with Gasteiger partial charge in [0.25, 0.3) is 0 Å². The third-order valence-electron chi connectivity index (χ3n) is 3.03. The van der Waals surface area contributed by atoms with E-state index in [1.165, 1.54) is 32.4 Å². The van der Waals surface area contributed by atoms with Crippen LogP contribution in [-0.2, 0) is 14.8 Å². The van der Waals surface area contributed by atoms with Crippen molar-refractivity contribution in [2.45, 2.75) is 11.8 Å². The highest BCUT2D eigenvalue weighted by Crippen LogP contribution is 2.18. The molecule has 0 spiro atoms. The van der Waals surface area contributed by atoms with Crippen LogP contribution in [0.3, 0.4) is 0 Å². The molecule has 0 aliphatic heterocycles. The van der Waals surface area contributed by atoms with E-state index in [9.17, 15) is 13.2 Å². The number of aryl methyl sites for hydroxylation is 1. The number of anilines is 1. The zero-order valence-corrected chi connectivity index (χ0v) is 13.8. The number of rotatable bonds is 6. The first-order valence-corrected chi connectivity index (χ1v) is 8.10. The van der Waals surface area contributed by atoms with E-state index >= 15 is 0 Å². The van der Waals surface area contributed by atoms with Crippen molar-refractivity contribution < 1.29 is 22.5 Å². The van der Waals surface area contributed by atoms with Gasteiger partial charge in [-0.2, -0.15) is 4.31 Å². The number of ether oxygens (including phenoxy) is 1. The Morgan fingerprint density at radius 2 is 2.00 bits per heavy atom. The summed E-state index contributed by atoms with van der Waals surface area (Å²) in [5, 5.41) is 6.08. The predicted octanol–water partition coefficient (Wildman–Crippen LogP) is 1.25. The zero-order valence-electron chi connectivity index (χ0n) is 12.9. The number of benzene rings is 1. The fourth-order valence-corrected chi connectivity index (χ4v) is 2.95. The molecule has 2 aromatic rings. The average Bonchev–Trinajstić information content (AvgIpc) is 2.92. The summed E-state index contributed by atoms with van der Waals surface area (Å²) in [5.41, 5.74) is 0. The molecule has 1 amide bonds. The van der Waals surface area contributed by atoms with Crippen LogP contribution in [0, 0.1) is 6.92 Å². The Balaban J connectivity index is 2.05. The summed E-state index contributed by atoms with van der Waals surface area (Å²) in [4.78, 5) is 12.0. The number of nitrogens with zero attached hydrogens (tertiary/aromatic N) is 2. The molecular formula is C14H17N3O5S. The van der Waals surface area contributed by atoms with E-state index in [1.807, 2.05) is 0 Å². The Morgan fingerprint density at radius 1 is 1.35 bits per heavy atom. The first-order valence-electron chi connectivity index (χ1n) is 6.66. The number of likely N-dealkylation sites (N-methyl/N-ethyl adjacent to an activating group) is 1. The lowest BCUT2D eigenvalue weighted by molar-refractivity contribution is -0.116. The number of carbonyl (C=O) groups is 1. The molecule has 1 N–H and O–H groups in total. The quantitative estimate of drug-likeness (QED) is 0.850. The largest absolute Gasteiger partial charge is 0.497 e. The Bertz CT molecular complexity index is 783. The maximum Gasteiger partial charge on any atom is 0.243 e. The number of carbonyl (C=O) groups excluding carboxylic acids is 1. The summed E-state index contributed by atoms with van der Waals surface area (Å²) >= 11 is 0. The van der Waals surface area contributed by atoms with Gasteiger partial charge in [0.05, 0.1) is 18.6 Å². The molecule has 23 heavy (non-hydrogen) atoms. The number of nitrogens with one attached hydrogen (secondary N) is 1. The molecule has 8 nitrogen and oxygen atoms in total. The second-order valence-electron chi connectivity index (χ2n) is 4.81. The standard InChI is InChI=1S/C14H17N3O5S/c1-10-8-13(16-22-10)15-14(18)9-17(2)23(19,20)12-6-4-11(21-3)5-7-12/h4-8H,9H2,1-3H3,(H,15,16,18). The van der Waals surface area contributed by atoms with Gasteiger partial charge < -0.3 is 14.6 Å². The molecule has 0 aliphatic rings. The molecule has 2 rings (SSSR count). The van der Waals surface area contributed by atoms with Crippen molar-refractivity contribution in [1.82, 2.24) is 9.46 Å². The normalized spacial score (nSPS) is 11.5. The third-order valence-corrected chi connectivity index (χ3v) is 4.85. The van der Waals surface area contributed by atoms with Crippen molar-refractivity contribution in [2.75, 3.05) is 26.0 Å². The average molecular weight is 339 g/mol. The smallest absolute Gasteiger partial charge is 0.243 e. The van der Waals surface area contributed by atoms with Gasteiger partial charge >= 0.3 is 0 Å². The molecule has 1 aromatic carbocycles. The van der Waals surface area contributed by atoms with Crippen LogP contribution in [0.5, 0.6) is 5.75 Å². The molecule has 0 fully saturated rings. The van der Waals surface area contributed by atoms with Gasteiger partial charge in [0.15, 0.2) is 5.82 Å². The van der Waals surface area contributed by atoms with Crippen LogP contribution in [0.25, 0.3) is 0 Å². The molecule has 0 radical (unpaired) electrons. The number of methoxy groups -OCH3 is 1. The number of aromatic nitrogens is 1. The van der Waals surface area contributed by atoms with Crippen LogP contribution in [0.4, 0.5) is 5.82 Å². The van der Waals surface area contributed by atoms with Gasteiger partial charge in [-0.1, -0.05) is 5.16 Å². The SMILES string of the molecule is COc1ccc(S(=O)(=O)N(C)CC(=O)Nc2cc(C)on2)cc1. The summed E-state index contributed by atoms with van der Waals surface area (Å²) in [5.74, 6) is 0.811. The summed E-state index contributed by atoms with van der Waals surface area (Å²) in [6, 6.07) is 7.46. The Kier molecular flexibility index (Phi) is 5.02. The van der Waals surface area contributed by atoms with Crippen LogP contribution >= 0.6 is 0 Å². The lowest BCUT2D eigenvalue weighted by Gasteiger charge is -2.16. The van der Waals surface area contributed by atoms with E-state index in [0.29, 0.717) is 11.5 Å². The number of hydrogen-bond acceptors (Lipinski definition) is 6. The second-order valence-corrected chi connectivity index (χ2v) is 6.85. The maximum absolute atomic E-state index is 12.4. The molecule has 0 atom stereocenters. The van der Waals surface area contributed by atoms with Gasteiger partial charge in [0.2, 0.25) is 15.9 Å². The first-order chi connectivity index (χ1) is 10.8. The van der Waals surface area contributed by atoms with Crippen LogP contribution in [-0.4, -0.2) is 44.5 Å². The van der Waals surface area contributed by atoms with E-state index in [0.717, 1.165) is 4.31 Å². The second kappa shape index (κ2) is 6.80. The zero-order chi connectivity index (χ0) is 17.0. The monoisotopic (exact) mass is 339 g/mol. The molecule has 0 aliphatic carbocycles. The third kappa shape index (κ3) is 4.08. The fraction of sp³-hybridized carbons (Fsp3) is 0.286. The molecule has 1 aromatic heterocycles. The fourth-order valence-electron chi connectivity index (χ4n) is 1.82. The van der Waals surface area contributed by atoms with E-state index in [1.54, 1.807) is 19.1 Å². The molecule has 0 bridgehead atoms. The van der Waals surface area contributed by atoms with Crippen molar-refractivity contribution in [3.05, 3.63) is 36.1 Å². The molecule has 0 saturated carbocycles. The van der Waals surface area contributed by atoms with Crippen LogP contribution < -0.4 is 10.1 Å². The summed E-state index contributed by atoms with van der Waals surface area (Å²) < 4.78 is 35.6. The lowest BCUT2D eigenvalue weighted by Crippen LogP contribution is -2.35. The Hall–Kier alpha value is -2.39. The van der Waals surface area contributed by atoms with Crippen molar-refractivity contribution in [1.29, 1.82) is 0 Å². The topological polar surface area (TPSA) is 102 Å². The maximum atomic E-state index is 12.4. The molecular weight excluding hydrogens is 322 g/mol. The highest BCUT2D eigenvalue weighted by molar-refractivity contribution is 7.89.